The quantitative estimate of drug-likeness (QED) is 0.845. The first kappa shape index (κ1) is 17.1. The summed E-state index contributed by atoms with van der Waals surface area (Å²) in [7, 11) is 1.33. The number of hydrogen-bond donors (Lipinski definition) is 1. The summed E-state index contributed by atoms with van der Waals surface area (Å²) in [5.74, 6) is -0.727. The Bertz CT molecular complexity index is 556. The minimum Gasteiger partial charge on any atom is -0.467 e. The number of hydrogen-bond acceptors (Lipinski definition) is 3. The number of methoxy groups -OCH3 is 1. The average molecular weight is 344 g/mol. The molecule has 2 rings (SSSR count). The number of ether oxygens (including phenoxy) is 1. The molecule has 0 heterocycles. The Hall–Kier alpha value is -1.26. The Kier molecular flexibility index (Phi) is 6.09. The normalized spacial score (nSPS) is 16.9. The predicted molar refractivity (Wildman–Crippen MR) is 86.3 cm³/mol. The van der Waals surface area contributed by atoms with E-state index >= 15 is 0 Å². The monoisotopic (exact) mass is 343 g/mol. The molecule has 0 unspecified atom stereocenters. The number of amides is 1. The van der Waals surface area contributed by atoms with Crippen molar-refractivity contribution in [3.8, 4) is 0 Å². The molecule has 1 aliphatic carbocycles. The van der Waals surface area contributed by atoms with Crippen molar-refractivity contribution >= 4 is 35.1 Å². The lowest BCUT2D eigenvalue weighted by atomic mass is 9.83. The number of halogens is 2. The summed E-state index contributed by atoms with van der Waals surface area (Å²) in [6.45, 7) is 0. The molecule has 1 aromatic carbocycles. The van der Waals surface area contributed by atoms with Gasteiger partial charge in [-0.25, -0.2) is 4.79 Å². The van der Waals surface area contributed by atoms with Crippen LogP contribution in [0.5, 0.6) is 0 Å². The Morgan fingerprint density at radius 3 is 2.55 bits per heavy atom. The molecule has 120 valence electrons. The Labute approximate surface area is 140 Å². The maximum atomic E-state index is 12.4. The van der Waals surface area contributed by atoms with Crippen LogP contribution in [-0.2, 0) is 9.53 Å². The van der Waals surface area contributed by atoms with Gasteiger partial charge in [-0.2, -0.15) is 0 Å². The molecule has 0 saturated heterocycles. The van der Waals surface area contributed by atoms with E-state index in [0.717, 1.165) is 25.7 Å². The van der Waals surface area contributed by atoms with Crippen LogP contribution < -0.4 is 5.32 Å². The zero-order chi connectivity index (χ0) is 16.1. The van der Waals surface area contributed by atoms with Gasteiger partial charge in [0.15, 0.2) is 0 Å². The van der Waals surface area contributed by atoms with Crippen LogP contribution in [0.3, 0.4) is 0 Å². The lowest BCUT2D eigenvalue weighted by Gasteiger charge is -2.29. The van der Waals surface area contributed by atoms with E-state index in [2.05, 4.69) is 5.32 Å². The third-order valence-electron chi connectivity index (χ3n) is 4.04. The first-order valence-electron chi connectivity index (χ1n) is 7.36. The van der Waals surface area contributed by atoms with Crippen LogP contribution in [0, 0.1) is 5.92 Å². The molecule has 0 radical (unpaired) electrons. The summed E-state index contributed by atoms with van der Waals surface area (Å²) < 4.78 is 4.84. The largest absolute Gasteiger partial charge is 0.467 e. The molecule has 1 amide bonds. The van der Waals surface area contributed by atoms with Crippen LogP contribution in [0.1, 0.15) is 42.5 Å². The van der Waals surface area contributed by atoms with E-state index in [4.69, 9.17) is 27.9 Å². The molecule has 22 heavy (non-hydrogen) atoms. The van der Waals surface area contributed by atoms with Gasteiger partial charge in [0, 0.05) is 5.02 Å². The van der Waals surface area contributed by atoms with E-state index in [9.17, 15) is 9.59 Å². The fourth-order valence-electron chi connectivity index (χ4n) is 2.85. The molecule has 1 aromatic rings. The predicted octanol–water partition coefficient (Wildman–Crippen LogP) is 3.85. The second-order valence-corrected chi connectivity index (χ2v) is 6.34. The number of nitrogens with one attached hydrogen (secondary N) is 1. The Balaban J connectivity index is 2.17. The van der Waals surface area contributed by atoms with Crippen molar-refractivity contribution in [2.75, 3.05) is 7.11 Å². The van der Waals surface area contributed by atoms with Crippen LogP contribution in [0.15, 0.2) is 18.2 Å². The van der Waals surface area contributed by atoms with Gasteiger partial charge in [-0.15, -0.1) is 0 Å². The van der Waals surface area contributed by atoms with Crippen molar-refractivity contribution in [1.29, 1.82) is 0 Å². The van der Waals surface area contributed by atoms with E-state index in [1.54, 1.807) is 12.1 Å². The van der Waals surface area contributed by atoms with Gasteiger partial charge in [0.05, 0.1) is 17.7 Å². The lowest BCUT2D eigenvalue weighted by Crippen LogP contribution is -2.47. The van der Waals surface area contributed by atoms with Gasteiger partial charge < -0.3 is 10.1 Å². The molecule has 1 N–H and O–H groups in total. The average Bonchev–Trinajstić information content (AvgIpc) is 2.54. The molecule has 1 aliphatic rings. The summed E-state index contributed by atoms with van der Waals surface area (Å²) in [6.07, 6.45) is 5.10. The van der Waals surface area contributed by atoms with Crippen molar-refractivity contribution in [2.45, 2.75) is 38.1 Å². The zero-order valence-corrected chi connectivity index (χ0v) is 13.9. The molecule has 4 nitrogen and oxygen atoms in total. The molecular weight excluding hydrogens is 325 g/mol. The van der Waals surface area contributed by atoms with E-state index in [1.807, 2.05) is 0 Å². The molecular formula is C16H19Cl2NO3. The number of carbonyl (C=O) groups is 2. The molecule has 0 aromatic heterocycles. The molecule has 1 saturated carbocycles. The second kappa shape index (κ2) is 7.84. The zero-order valence-electron chi connectivity index (χ0n) is 12.4. The molecule has 6 heteroatoms. The summed E-state index contributed by atoms with van der Waals surface area (Å²) in [5, 5.41) is 3.48. The van der Waals surface area contributed by atoms with Crippen molar-refractivity contribution in [3.63, 3.8) is 0 Å². The second-order valence-electron chi connectivity index (χ2n) is 5.50. The Morgan fingerprint density at radius 1 is 1.23 bits per heavy atom. The fraction of sp³-hybridized carbons (Fsp3) is 0.500. The molecule has 0 bridgehead atoms. The van der Waals surface area contributed by atoms with E-state index in [1.165, 1.54) is 19.6 Å². The fourth-order valence-corrected chi connectivity index (χ4v) is 3.23. The van der Waals surface area contributed by atoms with Gasteiger partial charge in [-0.1, -0.05) is 42.5 Å². The first-order chi connectivity index (χ1) is 10.5. The number of benzene rings is 1. The number of carbonyl (C=O) groups excluding carboxylic acids is 2. The standard InChI is InChI=1S/C16H19Cl2NO3/c1-22-16(21)14(10-5-3-2-4-6-10)19-15(20)12-9-11(17)7-8-13(12)18/h7-10,14H,2-6H2,1H3,(H,19,20)/t14-/m0/s1. The summed E-state index contributed by atoms with van der Waals surface area (Å²) in [4.78, 5) is 24.5. The minimum atomic E-state index is -0.646. The molecule has 0 aliphatic heterocycles. The first-order valence-corrected chi connectivity index (χ1v) is 8.12. The van der Waals surface area contributed by atoms with Crippen molar-refractivity contribution in [1.82, 2.24) is 5.32 Å². The van der Waals surface area contributed by atoms with Crippen LogP contribution in [0.4, 0.5) is 0 Å². The van der Waals surface area contributed by atoms with Gasteiger partial charge in [-0.3, -0.25) is 4.79 Å². The third kappa shape index (κ3) is 4.14. The van der Waals surface area contributed by atoms with E-state index in [0.29, 0.717) is 10.0 Å². The van der Waals surface area contributed by atoms with Crippen molar-refractivity contribution in [2.24, 2.45) is 5.92 Å². The smallest absolute Gasteiger partial charge is 0.328 e. The van der Waals surface area contributed by atoms with Crippen molar-refractivity contribution < 1.29 is 14.3 Å². The number of rotatable bonds is 4. The van der Waals surface area contributed by atoms with Gasteiger partial charge in [0.2, 0.25) is 0 Å². The van der Waals surface area contributed by atoms with Crippen LogP contribution in [0.2, 0.25) is 10.0 Å². The molecule has 0 spiro atoms. The highest BCUT2D eigenvalue weighted by Gasteiger charge is 2.32. The van der Waals surface area contributed by atoms with Gasteiger partial charge in [0.25, 0.3) is 5.91 Å². The minimum absolute atomic E-state index is 0.100. The highest BCUT2D eigenvalue weighted by molar-refractivity contribution is 6.35. The summed E-state index contributed by atoms with van der Waals surface area (Å²) in [6, 6.07) is 4.02. The SMILES string of the molecule is COC(=O)[C@@H](NC(=O)c1cc(Cl)ccc1Cl)C1CCCCC1. The van der Waals surface area contributed by atoms with Gasteiger partial charge >= 0.3 is 5.97 Å². The highest BCUT2D eigenvalue weighted by atomic mass is 35.5. The van der Waals surface area contributed by atoms with Crippen LogP contribution in [0.25, 0.3) is 0 Å². The maximum absolute atomic E-state index is 12.4. The highest BCUT2D eigenvalue weighted by Crippen LogP contribution is 2.28. The van der Waals surface area contributed by atoms with E-state index < -0.39 is 17.9 Å². The van der Waals surface area contributed by atoms with Crippen molar-refractivity contribution in [3.05, 3.63) is 33.8 Å². The van der Waals surface area contributed by atoms with Crippen LogP contribution >= 0.6 is 23.2 Å². The summed E-state index contributed by atoms with van der Waals surface area (Å²) >= 11 is 11.9. The maximum Gasteiger partial charge on any atom is 0.328 e. The molecule has 1 fully saturated rings. The Morgan fingerprint density at radius 2 is 1.91 bits per heavy atom. The molecule has 1 atom stereocenters. The number of esters is 1. The third-order valence-corrected chi connectivity index (χ3v) is 4.60. The van der Waals surface area contributed by atoms with Crippen LogP contribution in [-0.4, -0.2) is 25.0 Å². The topological polar surface area (TPSA) is 55.4 Å². The lowest BCUT2D eigenvalue weighted by molar-refractivity contribution is -0.144. The van der Waals surface area contributed by atoms with Gasteiger partial charge in [0.1, 0.15) is 6.04 Å². The van der Waals surface area contributed by atoms with E-state index in [-0.39, 0.29) is 11.5 Å². The summed E-state index contributed by atoms with van der Waals surface area (Å²) in [5.41, 5.74) is 0.263. The van der Waals surface area contributed by atoms with Gasteiger partial charge in [-0.05, 0) is 37.0 Å².